The Morgan fingerprint density at radius 1 is 1.10 bits per heavy atom. The van der Waals surface area contributed by atoms with Crippen molar-refractivity contribution < 1.29 is 4.39 Å². The van der Waals surface area contributed by atoms with Crippen molar-refractivity contribution in [3.8, 4) is 11.1 Å². The number of aryl methyl sites for hydroxylation is 2. The Labute approximate surface area is 172 Å². The van der Waals surface area contributed by atoms with Gasteiger partial charge in [0.2, 0.25) is 0 Å². The van der Waals surface area contributed by atoms with Gasteiger partial charge in [0.1, 0.15) is 16.5 Å². The van der Waals surface area contributed by atoms with Crippen LogP contribution < -0.4 is 10.9 Å². The van der Waals surface area contributed by atoms with Crippen molar-refractivity contribution in [1.29, 1.82) is 0 Å². The fourth-order valence-corrected chi connectivity index (χ4v) is 4.50. The summed E-state index contributed by atoms with van der Waals surface area (Å²) in [5, 5.41) is 3.98. The highest BCUT2D eigenvalue weighted by molar-refractivity contribution is 7.19. The molecule has 29 heavy (non-hydrogen) atoms. The maximum Gasteiger partial charge on any atom is 0.260 e. The van der Waals surface area contributed by atoms with Crippen LogP contribution in [0, 0.1) is 19.7 Å². The number of halogens is 1. The number of aromatic nitrogens is 2. The van der Waals surface area contributed by atoms with Crippen LogP contribution in [-0.2, 0) is 6.54 Å². The Balaban J connectivity index is 1.62. The van der Waals surface area contributed by atoms with Crippen molar-refractivity contribution in [2.45, 2.75) is 33.4 Å². The molecule has 0 unspecified atom stereocenters. The van der Waals surface area contributed by atoms with Crippen LogP contribution >= 0.6 is 11.3 Å². The molecule has 0 aliphatic carbocycles. The molecule has 0 aliphatic heterocycles. The quantitative estimate of drug-likeness (QED) is 0.475. The number of nitrogens with zero attached hydrogens (tertiary/aromatic N) is 1. The fraction of sp³-hybridized carbons (Fsp3) is 0.217. The lowest BCUT2D eigenvalue weighted by molar-refractivity contribution is 0.557. The summed E-state index contributed by atoms with van der Waals surface area (Å²) in [6, 6.07) is 14.6. The van der Waals surface area contributed by atoms with Crippen molar-refractivity contribution in [3.63, 3.8) is 0 Å². The lowest BCUT2D eigenvalue weighted by Crippen LogP contribution is -2.22. The van der Waals surface area contributed by atoms with E-state index < -0.39 is 0 Å². The van der Waals surface area contributed by atoms with E-state index in [2.05, 4.69) is 27.4 Å². The predicted molar refractivity (Wildman–Crippen MR) is 117 cm³/mol. The van der Waals surface area contributed by atoms with E-state index in [0.29, 0.717) is 17.8 Å². The van der Waals surface area contributed by atoms with Gasteiger partial charge in [-0.1, -0.05) is 42.0 Å². The van der Waals surface area contributed by atoms with E-state index in [1.807, 2.05) is 32.9 Å². The first-order valence-electron chi connectivity index (χ1n) is 9.50. The number of nitrogens with one attached hydrogen (secondary N) is 2. The third kappa shape index (κ3) is 3.99. The number of benzene rings is 2. The second kappa shape index (κ2) is 7.89. The largest absolute Gasteiger partial charge is 0.309 e. The number of fused-ring (bicyclic) bond motifs is 1. The van der Waals surface area contributed by atoms with Crippen LogP contribution in [0.1, 0.15) is 34.8 Å². The monoisotopic (exact) mass is 407 g/mol. The van der Waals surface area contributed by atoms with Gasteiger partial charge < -0.3 is 10.3 Å². The van der Waals surface area contributed by atoms with Crippen LogP contribution in [-0.4, -0.2) is 9.97 Å². The molecule has 2 N–H and O–H groups in total. The van der Waals surface area contributed by atoms with Crippen molar-refractivity contribution in [3.05, 3.63) is 86.5 Å². The Morgan fingerprint density at radius 3 is 2.48 bits per heavy atom. The number of thiophene rings is 1. The molecule has 0 spiro atoms. The van der Waals surface area contributed by atoms with Crippen LogP contribution in [0.25, 0.3) is 21.3 Å². The van der Waals surface area contributed by atoms with Crippen molar-refractivity contribution in [2.75, 3.05) is 0 Å². The molecule has 148 valence electrons. The van der Waals surface area contributed by atoms with E-state index in [1.165, 1.54) is 29.0 Å². The topological polar surface area (TPSA) is 57.8 Å². The summed E-state index contributed by atoms with van der Waals surface area (Å²) < 4.78 is 13.1. The summed E-state index contributed by atoms with van der Waals surface area (Å²) in [7, 11) is 0. The molecule has 2 aromatic heterocycles. The lowest BCUT2D eigenvalue weighted by Gasteiger charge is -2.13. The molecule has 0 saturated carbocycles. The maximum absolute atomic E-state index is 13.1. The summed E-state index contributed by atoms with van der Waals surface area (Å²) in [4.78, 5) is 22.3. The highest BCUT2D eigenvalue weighted by atomic mass is 32.1. The lowest BCUT2D eigenvalue weighted by atomic mass is 10.0. The highest BCUT2D eigenvalue weighted by Crippen LogP contribution is 2.35. The van der Waals surface area contributed by atoms with Gasteiger partial charge in [0.25, 0.3) is 5.56 Å². The molecule has 0 amide bonds. The minimum absolute atomic E-state index is 0.00444. The van der Waals surface area contributed by atoms with E-state index in [-0.39, 0.29) is 17.4 Å². The predicted octanol–water partition coefficient (Wildman–Crippen LogP) is 5.26. The van der Waals surface area contributed by atoms with Gasteiger partial charge in [-0.2, -0.15) is 0 Å². The Bertz CT molecular complexity index is 1210. The summed E-state index contributed by atoms with van der Waals surface area (Å²) in [6.07, 6.45) is 0. The van der Waals surface area contributed by atoms with Crippen molar-refractivity contribution in [2.24, 2.45) is 0 Å². The first-order valence-corrected chi connectivity index (χ1v) is 10.3. The van der Waals surface area contributed by atoms with Crippen LogP contribution in [0.3, 0.4) is 0 Å². The molecular formula is C23H22FN3OS. The number of H-pyrrole nitrogens is 1. The minimum atomic E-state index is -0.255. The molecule has 1 atom stereocenters. The van der Waals surface area contributed by atoms with Gasteiger partial charge in [-0.05, 0) is 44.0 Å². The van der Waals surface area contributed by atoms with Crippen molar-refractivity contribution >= 4 is 21.6 Å². The molecule has 0 radical (unpaired) electrons. The fourth-order valence-electron chi connectivity index (χ4n) is 3.43. The molecule has 4 rings (SSSR count). The zero-order valence-electron chi connectivity index (χ0n) is 16.5. The molecule has 0 saturated heterocycles. The average Bonchev–Trinajstić information content (AvgIpc) is 3.03. The van der Waals surface area contributed by atoms with E-state index in [9.17, 15) is 9.18 Å². The summed E-state index contributed by atoms with van der Waals surface area (Å²) in [5.41, 5.74) is 4.02. The second-order valence-corrected chi connectivity index (χ2v) is 8.45. The molecular weight excluding hydrogens is 385 g/mol. The van der Waals surface area contributed by atoms with Gasteiger partial charge in [-0.25, -0.2) is 9.37 Å². The Kier molecular flexibility index (Phi) is 5.30. The third-order valence-corrected chi connectivity index (χ3v) is 6.07. The molecule has 4 aromatic rings. The minimum Gasteiger partial charge on any atom is -0.309 e. The van der Waals surface area contributed by atoms with Crippen LogP contribution in [0.2, 0.25) is 0 Å². The number of rotatable bonds is 5. The van der Waals surface area contributed by atoms with Gasteiger partial charge in [0.05, 0.1) is 11.9 Å². The van der Waals surface area contributed by atoms with Crippen molar-refractivity contribution in [1.82, 2.24) is 15.3 Å². The summed E-state index contributed by atoms with van der Waals surface area (Å²) in [6.45, 7) is 6.48. The normalized spacial score (nSPS) is 12.4. The molecule has 6 heteroatoms. The van der Waals surface area contributed by atoms with Gasteiger partial charge in [-0.3, -0.25) is 4.79 Å². The van der Waals surface area contributed by atoms with Crippen LogP contribution in [0.5, 0.6) is 0 Å². The summed E-state index contributed by atoms with van der Waals surface area (Å²) >= 11 is 1.54. The zero-order chi connectivity index (χ0) is 20.5. The SMILES string of the molecule is Cc1ccc(-c2c(C)sc3nc(CN[C@@H](C)c4ccc(F)cc4)[nH]c(=O)c23)cc1. The maximum atomic E-state index is 13.1. The van der Waals surface area contributed by atoms with Gasteiger partial charge in [0, 0.05) is 16.5 Å². The molecule has 2 heterocycles. The van der Waals surface area contributed by atoms with Gasteiger partial charge in [0.15, 0.2) is 0 Å². The van der Waals surface area contributed by atoms with Crippen LogP contribution in [0.4, 0.5) is 4.39 Å². The average molecular weight is 408 g/mol. The number of aromatic amines is 1. The molecule has 2 aromatic carbocycles. The molecule has 0 aliphatic rings. The zero-order valence-corrected chi connectivity index (χ0v) is 17.4. The standard InChI is InChI=1S/C23H22FN3OS/c1-13-4-6-17(7-5-13)20-15(3)29-23-21(20)22(28)26-19(27-23)12-25-14(2)16-8-10-18(24)11-9-16/h4-11,14,25H,12H2,1-3H3,(H,26,27,28)/t14-/m0/s1. The number of hydrogen-bond donors (Lipinski definition) is 2. The van der Waals surface area contributed by atoms with Crippen LogP contribution in [0.15, 0.2) is 53.3 Å². The van der Waals surface area contributed by atoms with E-state index in [0.717, 1.165) is 26.4 Å². The van der Waals surface area contributed by atoms with E-state index in [4.69, 9.17) is 0 Å². The van der Waals surface area contributed by atoms with E-state index >= 15 is 0 Å². The second-order valence-electron chi connectivity index (χ2n) is 7.25. The molecule has 0 bridgehead atoms. The van der Waals surface area contributed by atoms with Gasteiger partial charge >= 0.3 is 0 Å². The smallest absolute Gasteiger partial charge is 0.260 e. The summed E-state index contributed by atoms with van der Waals surface area (Å²) in [5.74, 6) is 0.336. The Hall–Kier alpha value is -2.83. The molecule has 0 fully saturated rings. The first-order chi connectivity index (χ1) is 13.9. The van der Waals surface area contributed by atoms with Gasteiger partial charge in [-0.15, -0.1) is 11.3 Å². The first kappa shape index (κ1) is 19.5. The number of hydrogen-bond acceptors (Lipinski definition) is 4. The Morgan fingerprint density at radius 2 is 1.79 bits per heavy atom. The third-order valence-electron chi connectivity index (χ3n) is 5.07. The molecule has 4 nitrogen and oxygen atoms in total. The highest BCUT2D eigenvalue weighted by Gasteiger charge is 2.17. The van der Waals surface area contributed by atoms with E-state index in [1.54, 1.807) is 12.1 Å².